The number of nitrogens with two attached hydrogens (primary N) is 1. The van der Waals surface area contributed by atoms with Gasteiger partial charge in [0.1, 0.15) is 0 Å². The Balaban J connectivity index is 2.76. The molecule has 1 aliphatic rings. The van der Waals surface area contributed by atoms with Crippen LogP contribution < -0.4 is 11.3 Å². The van der Waals surface area contributed by atoms with Gasteiger partial charge in [0.2, 0.25) is 0 Å². The molecule has 3 nitrogen and oxygen atoms in total. The normalized spacial score (nSPS) is 30.4. The molecule has 0 aromatic rings. The van der Waals surface area contributed by atoms with Gasteiger partial charge in [0.25, 0.3) is 0 Å². The van der Waals surface area contributed by atoms with Crippen LogP contribution in [0.3, 0.4) is 0 Å². The molecule has 0 amide bonds. The maximum absolute atomic E-state index is 5.85. The van der Waals surface area contributed by atoms with Gasteiger partial charge >= 0.3 is 0 Å². The van der Waals surface area contributed by atoms with Gasteiger partial charge in [-0.2, -0.15) is 0 Å². The van der Waals surface area contributed by atoms with Gasteiger partial charge in [0.15, 0.2) is 0 Å². The van der Waals surface area contributed by atoms with Crippen LogP contribution in [0.25, 0.3) is 0 Å². The van der Waals surface area contributed by atoms with Gasteiger partial charge in [-0.1, -0.05) is 25.8 Å². The Kier molecular flexibility index (Phi) is 6.33. The van der Waals surface area contributed by atoms with Crippen LogP contribution in [0.4, 0.5) is 0 Å². The fourth-order valence-corrected chi connectivity index (χ4v) is 3.57. The zero-order valence-corrected chi connectivity index (χ0v) is 12.4. The highest BCUT2D eigenvalue weighted by Crippen LogP contribution is 2.39. The zero-order valence-electron chi connectivity index (χ0n) is 12.4. The van der Waals surface area contributed by atoms with Crippen molar-refractivity contribution in [3.05, 3.63) is 12.7 Å². The molecule has 0 radical (unpaired) electrons. The van der Waals surface area contributed by atoms with E-state index in [0.717, 1.165) is 18.8 Å². The fourth-order valence-electron chi connectivity index (χ4n) is 3.57. The van der Waals surface area contributed by atoms with Gasteiger partial charge < -0.3 is 4.90 Å². The van der Waals surface area contributed by atoms with Crippen LogP contribution in [0.5, 0.6) is 0 Å². The van der Waals surface area contributed by atoms with E-state index in [2.05, 4.69) is 37.9 Å². The molecule has 3 atom stereocenters. The molecule has 0 aliphatic heterocycles. The van der Waals surface area contributed by atoms with Crippen LogP contribution in [-0.2, 0) is 0 Å². The summed E-state index contributed by atoms with van der Waals surface area (Å²) in [5, 5.41) is 0. The van der Waals surface area contributed by atoms with Gasteiger partial charge in [0.05, 0.1) is 0 Å². The van der Waals surface area contributed by atoms with E-state index >= 15 is 0 Å². The largest absolute Gasteiger partial charge is 0.302 e. The van der Waals surface area contributed by atoms with Gasteiger partial charge in [-0.3, -0.25) is 11.3 Å². The van der Waals surface area contributed by atoms with Crippen molar-refractivity contribution < 1.29 is 0 Å². The Hall–Kier alpha value is -0.380. The third-order valence-corrected chi connectivity index (χ3v) is 4.65. The number of hydrazine groups is 1. The van der Waals surface area contributed by atoms with E-state index in [-0.39, 0.29) is 5.54 Å². The number of allylic oxidation sites excluding steroid dienone is 1. The molecule has 106 valence electrons. The molecule has 0 aromatic heterocycles. The van der Waals surface area contributed by atoms with E-state index < -0.39 is 0 Å². The maximum Gasteiger partial charge on any atom is 0.0394 e. The average molecular weight is 253 g/mol. The monoisotopic (exact) mass is 253 g/mol. The summed E-state index contributed by atoms with van der Waals surface area (Å²) in [6, 6.07) is 0.384. The van der Waals surface area contributed by atoms with Gasteiger partial charge in [-0.25, -0.2) is 0 Å². The first-order valence-corrected chi connectivity index (χ1v) is 7.31. The molecule has 1 saturated carbocycles. The molecule has 18 heavy (non-hydrogen) atoms. The third kappa shape index (κ3) is 3.56. The van der Waals surface area contributed by atoms with Gasteiger partial charge in [-0.05, 0) is 52.1 Å². The van der Waals surface area contributed by atoms with Crippen molar-refractivity contribution in [1.82, 2.24) is 10.3 Å². The number of rotatable bonds is 7. The van der Waals surface area contributed by atoms with Gasteiger partial charge in [-0.15, -0.1) is 6.58 Å². The van der Waals surface area contributed by atoms with Crippen molar-refractivity contribution in [2.75, 3.05) is 14.1 Å². The third-order valence-electron chi connectivity index (χ3n) is 4.65. The lowest BCUT2D eigenvalue weighted by atomic mass is 9.70. The summed E-state index contributed by atoms with van der Waals surface area (Å²) in [6.45, 7) is 6.17. The molecule has 0 saturated heterocycles. The number of nitrogens with one attached hydrogen (secondary N) is 1. The zero-order chi connectivity index (χ0) is 13.6. The fraction of sp³-hybridized carbons (Fsp3) is 0.867. The standard InChI is InChI=1S/C15H31N3/c1-5-6-7-10-14(17-16)15(18(3)4)11-8-9-13(2)12-15/h5,13-14,17H,1,6-12,16H2,2-4H3. The Morgan fingerprint density at radius 3 is 2.78 bits per heavy atom. The van der Waals surface area contributed by atoms with E-state index in [0.29, 0.717) is 6.04 Å². The minimum Gasteiger partial charge on any atom is -0.302 e. The Morgan fingerprint density at radius 1 is 1.56 bits per heavy atom. The van der Waals surface area contributed by atoms with Crippen LogP contribution in [0.1, 0.15) is 51.9 Å². The topological polar surface area (TPSA) is 41.3 Å². The number of nitrogens with zero attached hydrogens (tertiary/aromatic N) is 1. The van der Waals surface area contributed by atoms with Crippen molar-refractivity contribution in [2.45, 2.75) is 63.5 Å². The second-order valence-corrected chi connectivity index (χ2v) is 6.14. The quantitative estimate of drug-likeness (QED) is 0.317. The maximum atomic E-state index is 5.85. The van der Waals surface area contributed by atoms with Crippen LogP contribution >= 0.6 is 0 Å². The van der Waals surface area contributed by atoms with Crippen LogP contribution in [0.2, 0.25) is 0 Å². The van der Waals surface area contributed by atoms with Crippen LogP contribution in [0, 0.1) is 5.92 Å². The minimum absolute atomic E-state index is 0.230. The number of unbranched alkanes of at least 4 members (excludes halogenated alkanes) is 1. The molecular weight excluding hydrogens is 222 g/mol. The summed E-state index contributed by atoms with van der Waals surface area (Å²) < 4.78 is 0. The first-order valence-electron chi connectivity index (χ1n) is 7.31. The number of hydrogen-bond acceptors (Lipinski definition) is 3. The number of likely N-dealkylation sites (N-methyl/N-ethyl adjacent to an activating group) is 1. The Bertz CT molecular complexity index is 252. The van der Waals surface area contributed by atoms with Crippen molar-refractivity contribution >= 4 is 0 Å². The molecule has 0 bridgehead atoms. The predicted molar refractivity (Wildman–Crippen MR) is 79.2 cm³/mol. The van der Waals surface area contributed by atoms with Crippen LogP contribution in [-0.4, -0.2) is 30.6 Å². The first kappa shape index (κ1) is 15.7. The highest BCUT2D eigenvalue weighted by atomic mass is 15.3. The second kappa shape index (κ2) is 7.27. The summed E-state index contributed by atoms with van der Waals surface area (Å²) in [5.74, 6) is 6.65. The molecule has 0 aromatic carbocycles. The lowest BCUT2D eigenvalue weighted by molar-refractivity contribution is 0.0337. The lowest BCUT2D eigenvalue weighted by Gasteiger charge is -2.50. The van der Waals surface area contributed by atoms with Crippen LogP contribution in [0.15, 0.2) is 12.7 Å². The highest BCUT2D eigenvalue weighted by Gasteiger charge is 2.42. The smallest absolute Gasteiger partial charge is 0.0394 e. The first-order chi connectivity index (χ1) is 8.56. The number of hydrogen-bond donors (Lipinski definition) is 2. The predicted octanol–water partition coefficient (Wildman–Crippen LogP) is 2.69. The van der Waals surface area contributed by atoms with Crippen molar-refractivity contribution in [3.8, 4) is 0 Å². The molecular formula is C15H31N3. The molecule has 1 rings (SSSR count). The summed E-state index contributed by atoms with van der Waals surface area (Å²) >= 11 is 0. The Morgan fingerprint density at radius 2 is 2.28 bits per heavy atom. The van der Waals surface area contributed by atoms with E-state index in [9.17, 15) is 0 Å². The molecule has 0 heterocycles. The highest BCUT2D eigenvalue weighted by molar-refractivity contribution is 5.01. The second-order valence-electron chi connectivity index (χ2n) is 6.14. The van der Waals surface area contributed by atoms with E-state index in [1.54, 1.807) is 0 Å². The Labute approximate surface area is 113 Å². The average Bonchev–Trinajstić information content (AvgIpc) is 2.34. The van der Waals surface area contributed by atoms with Crippen molar-refractivity contribution in [3.63, 3.8) is 0 Å². The van der Waals surface area contributed by atoms with Gasteiger partial charge in [0, 0.05) is 11.6 Å². The molecule has 3 unspecified atom stereocenters. The molecule has 1 aliphatic carbocycles. The van der Waals surface area contributed by atoms with Crippen molar-refractivity contribution in [2.24, 2.45) is 11.8 Å². The summed E-state index contributed by atoms with van der Waals surface area (Å²) in [5.41, 5.74) is 3.33. The van der Waals surface area contributed by atoms with Crippen molar-refractivity contribution in [1.29, 1.82) is 0 Å². The molecule has 3 N–H and O–H groups in total. The minimum atomic E-state index is 0.230. The summed E-state index contributed by atoms with van der Waals surface area (Å²) in [4.78, 5) is 2.40. The lowest BCUT2D eigenvalue weighted by Crippen LogP contribution is -2.62. The molecule has 3 heteroatoms. The SMILES string of the molecule is C=CCCCC(NN)C1(N(C)C)CCCC(C)C1. The molecule has 0 spiro atoms. The van der Waals surface area contributed by atoms with E-state index in [4.69, 9.17) is 5.84 Å². The molecule has 1 fully saturated rings. The van der Waals surface area contributed by atoms with E-state index in [1.807, 2.05) is 6.08 Å². The summed E-state index contributed by atoms with van der Waals surface area (Å²) in [6.07, 6.45) is 10.6. The van der Waals surface area contributed by atoms with E-state index in [1.165, 1.54) is 32.1 Å². The summed E-state index contributed by atoms with van der Waals surface area (Å²) in [7, 11) is 4.41.